The predicted molar refractivity (Wildman–Crippen MR) is 123 cm³/mol. The number of Topliss-reactive ketones (excluding diaryl/α,β-unsaturated/α-hetero) is 3. The molecule has 29 heavy (non-hydrogen) atoms. The summed E-state index contributed by atoms with van der Waals surface area (Å²) in [5.74, 6) is 1.30. The summed E-state index contributed by atoms with van der Waals surface area (Å²) < 4.78 is 0. The molecule has 0 spiro atoms. The number of piperidine rings is 1. The van der Waals surface area contributed by atoms with Gasteiger partial charge in [-0.2, -0.15) is 0 Å². The van der Waals surface area contributed by atoms with Gasteiger partial charge in [-0.05, 0) is 60.0 Å². The fourth-order valence-electron chi connectivity index (χ4n) is 3.30. The summed E-state index contributed by atoms with van der Waals surface area (Å²) in [6.45, 7) is 6.14. The lowest BCUT2D eigenvalue weighted by molar-refractivity contribution is -0.121. The zero-order chi connectivity index (χ0) is 20.1. The van der Waals surface area contributed by atoms with E-state index >= 15 is 0 Å². The van der Waals surface area contributed by atoms with Crippen LogP contribution in [0.4, 0.5) is 0 Å². The molecule has 0 aromatic heterocycles. The smallest absolute Gasteiger partial charge is 0.135 e. The third kappa shape index (κ3) is 16.4. The van der Waals surface area contributed by atoms with Gasteiger partial charge in [0.15, 0.2) is 0 Å². The van der Waals surface area contributed by atoms with E-state index in [4.69, 9.17) is 0 Å². The molecule has 3 aliphatic heterocycles. The molecule has 3 rings (SSSR count). The maximum atomic E-state index is 10.9. The number of rotatable bonds is 0. The lowest BCUT2D eigenvalue weighted by atomic mass is 10.1. The van der Waals surface area contributed by atoms with Gasteiger partial charge >= 0.3 is 0 Å². The molecule has 0 saturated carbocycles. The Morgan fingerprint density at radius 2 is 0.690 bits per heavy atom. The SMILES string of the molecule is C.C.CN1CCC(=O)CC1.CN1CCCC(=O)CC1.CN1CCCC(=O)CCC1. The molecule has 0 aliphatic carbocycles. The van der Waals surface area contributed by atoms with Crippen LogP contribution < -0.4 is 0 Å². The fraction of sp³-hybridized carbons (Fsp3) is 0.870. The van der Waals surface area contributed by atoms with Gasteiger partial charge in [-0.1, -0.05) is 14.9 Å². The Morgan fingerprint density at radius 3 is 1.07 bits per heavy atom. The third-order valence-corrected chi connectivity index (χ3v) is 5.30. The number of carbonyl (C=O) groups excluding carboxylic acids is 3. The summed E-state index contributed by atoms with van der Waals surface area (Å²) in [5, 5.41) is 0. The second-order valence-corrected chi connectivity index (χ2v) is 8.09. The highest BCUT2D eigenvalue weighted by Gasteiger charge is 2.11. The van der Waals surface area contributed by atoms with E-state index < -0.39 is 0 Å². The molecule has 6 heteroatoms. The second kappa shape index (κ2) is 17.7. The Morgan fingerprint density at radius 1 is 0.448 bits per heavy atom. The lowest BCUT2D eigenvalue weighted by Gasteiger charge is -2.19. The van der Waals surface area contributed by atoms with Crippen molar-refractivity contribution in [1.29, 1.82) is 0 Å². The van der Waals surface area contributed by atoms with Gasteiger partial charge in [0, 0.05) is 58.2 Å². The first-order valence-electron chi connectivity index (χ1n) is 10.5. The molecule has 0 aromatic carbocycles. The van der Waals surface area contributed by atoms with Gasteiger partial charge in [0.05, 0.1) is 0 Å². The van der Waals surface area contributed by atoms with E-state index in [1.165, 1.54) is 0 Å². The normalized spacial score (nSPS) is 22.2. The molecule has 3 aliphatic rings. The van der Waals surface area contributed by atoms with Crippen molar-refractivity contribution in [2.45, 2.75) is 72.6 Å². The minimum atomic E-state index is 0. The van der Waals surface area contributed by atoms with Crippen LogP contribution >= 0.6 is 0 Å². The molecule has 0 N–H and O–H groups in total. The van der Waals surface area contributed by atoms with Gasteiger partial charge in [0.2, 0.25) is 0 Å². The van der Waals surface area contributed by atoms with Crippen LogP contribution in [0.2, 0.25) is 0 Å². The van der Waals surface area contributed by atoms with Gasteiger partial charge in [-0.15, -0.1) is 0 Å². The van der Waals surface area contributed by atoms with Crippen LogP contribution in [0.1, 0.15) is 72.6 Å². The molecule has 0 bridgehead atoms. The van der Waals surface area contributed by atoms with Crippen LogP contribution in [-0.2, 0) is 14.4 Å². The van der Waals surface area contributed by atoms with Crippen LogP contribution in [0, 0.1) is 0 Å². The van der Waals surface area contributed by atoms with Gasteiger partial charge in [0.25, 0.3) is 0 Å². The van der Waals surface area contributed by atoms with E-state index in [0.717, 1.165) is 97.1 Å². The van der Waals surface area contributed by atoms with Crippen molar-refractivity contribution in [3.05, 3.63) is 0 Å². The molecule has 3 fully saturated rings. The molecule has 0 amide bonds. The van der Waals surface area contributed by atoms with E-state index in [1.807, 2.05) is 7.05 Å². The maximum absolute atomic E-state index is 10.9. The summed E-state index contributed by atoms with van der Waals surface area (Å²) >= 11 is 0. The van der Waals surface area contributed by atoms with Gasteiger partial charge in [0.1, 0.15) is 17.3 Å². The van der Waals surface area contributed by atoms with Crippen LogP contribution in [-0.4, -0.2) is 92.5 Å². The highest BCUT2D eigenvalue weighted by Crippen LogP contribution is 2.05. The Balaban J connectivity index is 0. The van der Waals surface area contributed by atoms with Crippen molar-refractivity contribution in [1.82, 2.24) is 14.7 Å². The lowest BCUT2D eigenvalue weighted by Crippen LogP contribution is -2.29. The minimum absolute atomic E-state index is 0. The Hall–Kier alpha value is -1.11. The summed E-state index contributed by atoms with van der Waals surface area (Å²) in [6.07, 6.45) is 7.82. The molecule has 6 nitrogen and oxygen atoms in total. The number of carbonyl (C=O) groups is 3. The minimum Gasteiger partial charge on any atom is -0.306 e. The van der Waals surface area contributed by atoms with E-state index in [9.17, 15) is 14.4 Å². The van der Waals surface area contributed by atoms with Crippen LogP contribution in [0.25, 0.3) is 0 Å². The van der Waals surface area contributed by atoms with Crippen molar-refractivity contribution < 1.29 is 14.4 Å². The molecule has 0 radical (unpaired) electrons. The highest BCUT2D eigenvalue weighted by molar-refractivity contribution is 5.79. The quantitative estimate of drug-likeness (QED) is 0.607. The van der Waals surface area contributed by atoms with E-state index in [-0.39, 0.29) is 14.9 Å². The molecular weight excluding hydrogens is 366 g/mol. The Kier molecular flexibility index (Phi) is 18.4. The predicted octanol–water partition coefficient (Wildman–Crippen LogP) is 3.29. The number of likely N-dealkylation sites (tertiary alicyclic amines) is 3. The molecular formula is C23H47N3O3. The van der Waals surface area contributed by atoms with Gasteiger partial charge in [-0.3, -0.25) is 14.4 Å². The first kappa shape index (κ1) is 30.1. The summed E-state index contributed by atoms with van der Waals surface area (Å²) in [7, 11) is 6.24. The van der Waals surface area contributed by atoms with Crippen molar-refractivity contribution >= 4 is 17.3 Å². The van der Waals surface area contributed by atoms with Gasteiger partial charge in [-0.25, -0.2) is 0 Å². The molecule has 3 heterocycles. The number of hydrogen-bond donors (Lipinski definition) is 0. The zero-order valence-electron chi connectivity index (χ0n) is 17.7. The van der Waals surface area contributed by atoms with Crippen molar-refractivity contribution in [2.24, 2.45) is 0 Å². The van der Waals surface area contributed by atoms with Crippen LogP contribution in [0.3, 0.4) is 0 Å². The molecule has 0 atom stereocenters. The first-order chi connectivity index (χ1) is 12.9. The van der Waals surface area contributed by atoms with E-state index in [2.05, 4.69) is 28.8 Å². The molecule has 172 valence electrons. The summed E-state index contributed by atoms with van der Waals surface area (Å²) in [5.41, 5.74) is 0. The van der Waals surface area contributed by atoms with Gasteiger partial charge < -0.3 is 14.7 Å². The second-order valence-electron chi connectivity index (χ2n) is 8.09. The zero-order valence-corrected chi connectivity index (χ0v) is 17.7. The average Bonchev–Trinajstić information content (AvgIpc) is 2.81. The van der Waals surface area contributed by atoms with Crippen molar-refractivity contribution in [3.63, 3.8) is 0 Å². The highest BCUT2D eigenvalue weighted by atomic mass is 16.1. The monoisotopic (exact) mass is 413 g/mol. The number of nitrogens with zero attached hydrogens (tertiary/aromatic N) is 3. The number of ketones is 3. The van der Waals surface area contributed by atoms with Crippen molar-refractivity contribution in [3.8, 4) is 0 Å². The van der Waals surface area contributed by atoms with E-state index in [0.29, 0.717) is 17.3 Å². The molecule has 3 saturated heterocycles. The number of hydrogen-bond acceptors (Lipinski definition) is 6. The molecule has 0 aromatic rings. The third-order valence-electron chi connectivity index (χ3n) is 5.30. The van der Waals surface area contributed by atoms with E-state index in [1.54, 1.807) is 0 Å². The Bertz CT molecular complexity index is 446. The average molecular weight is 414 g/mol. The maximum Gasteiger partial charge on any atom is 0.135 e. The van der Waals surface area contributed by atoms with Crippen molar-refractivity contribution in [2.75, 3.05) is 60.4 Å². The fourth-order valence-corrected chi connectivity index (χ4v) is 3.30. The topological polar surface area (TPSA) is 60.9 Å². The Labute approximate surface area is 180 Å². The van der Waals surface area contributed by atoms with Crippen LogP contribution in [0.15, 0.2) is 0 Å². The first-order valence-corrected chi connectivity index (χ1v) is 10.5. The standard InChI is InChI=1S/C8H15NO.C7H13NO.C6H11NO.2CH4/c1-9-6-2-4-8(10)5-3-7-9;1-8-5-2-3-7(9)4-6-8;1-7-4-2-6(8)3-5-7;;/h2-7H2,1H3;2-6H2,1H3;2-5H2,1H3;2*1H4. The summed E-state index contributed by atoms with van der Waals surface area (Å²) in [4.78, 5) is 39.0. The van der Waals surface area contributed by atoms with Crippen LogP contribution in [0.5, 0.6) is 0 Å². The largest absolute Gasteiger partial charge is 0.306 e. The molecule has 0 unspecified atom stereocenters. The summed E-state index contributed by atoms with van der Waals surface area (Å²) in [6, 6.07) is 0.